The number of likely N-dealkylation sites (tertiary alicyclic amines) is 1. The van der Waals surface area contributed by atoms with E-state index in [0.29, 0.717) is 25.7 Å². The van der Waals surface area contributed by atoms with Gasteiger partial charge in [0.1, 0.15) is 0 Å². The Morgan fingerprint density at radius 1 is 1.20 bits per heavy atom. The van der Waals surface area contributed by atoms with Gasteiger partial charge in [0, 0.05) is 31.7 Å². The molecule has 0 bridgehead atoms. The predicted molar refractivity (Wildman–Crippen MR) is 80.7 cm³/mol. The van der Waals surface area contributed by atoms with Gasteiger partial charge in [0.25, 0.3) is 0 Å². The van der Waals surface area contributed by atoms with E-state index in [9.17, 15) is 4.79 Å². The highest BCUT2D eigenvalue weighted by Crippen LogP contribution is 2.25. The molecule has 1 N–H and O–H groups in total. The lowest BCUT2D eigenvalue weighted by Gasteiger charge is -2.40. The first kappa shape index (κ1) is 15.8. The number of amides is 1. The lowest BCUT2D eigenvalue weighted by atomic mass is 9.92. The summed E-state index contributed by atoms with van der Waals surface area (Å²) in [6, 6.07) is 1.12. The molecule has 0 spiro atoms. The fraction of sp³-hybridized carbons (Fsp3) is 0.938. The summed E-state index contributed by atoms with van der Waals surface area (Å²) < 4.78 is 5.24. The molecule has 2 fully saturated rings. The van der Waals surface area contributed by atoms with Crippen LogP contribution in [0.3, 0.4) is 0 Å². The van der Waals surface area contributed by atoms with Crippen LogP contribution in [-0.4, -0.2) is 49.2 Å². The first-order chi connectivity index (χ1) is 9.79. The van der Waals surface area contributed by atoms with Gasteiger partial charge in [-0.25, -0.2) is 0 Å². The average Bonchev–Trinajstić information content (AvgIpc) is 2.49. The van der Waals surface area contributed by atoms with Gasteiger partial charge in [0.2, 0.25) is 5.91 Å². The van der Waals surface area contributed by atoms with Crippen LogP contribution in [0.1, 0.15) is 58.3 Å². The monoisotopic (exact) mass is 282 g/mol. The van der Waals surface area contributed by atoms with Gasteiger partial charge >= 0.3 is 0 Å². The number of piperidine rings is 1. The maximum Gasteiger partial charge on any atom is 0.222 e. The summed E-state index contributed by atoms with van der Waals surface area (Å²) in [6.45, 7) is 5.45. The molecule has 20 heavy (non-hydrogen) atoms. The third kappa shape index (κ3) is 5.06. The number of nitrogens with one attached hydrogen (secondary N) is 1. The van der Waals surface area contributed by atoms with Gasteiger partial charge in [-0.3, -0.25) is 9.69 Å². The molecule has 1 unspecified atom stereocenters. The molecule has 1 heterocycles. The summed E-state index contributed by atoms with van der Waals surface area (Å²) in [5, 5.41) is 3.19. The number of ether oxygens (including phenoxy) is 1. The zero-order chi connectivity index (χ0) is 14.2. The molecule has 0 radical (unpaired) electrons. The molecule has 0 aromatic rings. The van der Waals surface area contributed by atoms with Crippen LogP contribution in [0.2, 0.25) is 0 Å². The first-order valence-electron chi connectivity index (χ1n) is 8.40. The van der Waals surface area contributed by atoms with Crippen molar-refractivity contribution in [1.82, 2.24) is 10.2 Å². The Kier molecular flexibility index (Phi) is 6.80. The van der Waals surface area contributed by atoms with Crippen molar-refractivity contribution in [1.29, 1.82) is 0 Å². The summed E-state index contributed by atoms with van der Waals surface area (Å²) >= 11 is 0. The lowest BCUT2D eigenvalue weighted by molar-refractivity contribution is -0.123. The molecule has 1 saturated carbocycles. The first-order valence-corrected chi connectivity index (χ1v) is 8.40. The van der Waals surface area contributed by atoms with Crippen molar-refractivity contribution in [3.8, 4) is 0 Å². The molecule has 116 valence electrons. The van der Waals surface area contributed by atoms with Crippen LogP contribution in [0.25, 0.3) is 0 Å². The smallest absolute Gasteiger partial charge is 0.222 e. The number of hydrogen-bond acceptors (Lipinski definition) is 3. The minimum atomic E-state index is 0.147. The van der Waals surface area contributed by atoms with E-state index < -0.39 is 0 Å². The van der Waals surface area contributed by atoms with E-state index in [4.69, 9.17) is 4.74 Å². The van der Waals surface area contributed by atoms with Crippen molar-refractivity contribution < 1.29 is 9.53 Å². The maximum absolute atomic E-state index is 11.9. The van der Waals surface area contributed by atoms with E-state index in [0.717, 1.165) is 19.0 Å². The minimum Gasteiger partial charge on any atom is -0.381 e. The topological polar surface area (TPSA) is 41.6 Å². The number of carbonyl (C=O) groups is 1. The highest BCUT2D eigenvalue weighted by Gasteiger charge is 2.27. The Morgan fingerprint density at radius 3 is 2.75 bits per heavy atom. The number of rotatable bonds is 6. The van der Waals surface area contributed by atoms with E-state index in [1.807, 2.05) is 6.92 Å². The molecule has 1 amide bonds. The minimum absolute atomic E-state index is 0.147. The van der Waals surface area contributed by atoms with Gasteiger partial charge in [-0.1, -0.05) is 19.3 Å². The third-order valence-corrected chi connectivity index (χ3v) is 4.59. The fourth-order valence-corrected chi connectivity index (χ4v) is 3.51. The largest absolute Gasteiger partial charge is 0.381 e. The van der Waals surface area contributed by atoms with Gasteiger partial charge in [0.15, 0.2) is 0 Å². The van der Waals surface area contributed by atoms with Crippen molar-refractivity contribution in [2.24, 2.45) is 0 Å². The van der Waals surface area contributed by atoms with Crippen LogP contribution in [-0.2, 0) is 9.53 Å². The van der Waals surface area contributed by atoms with E-state index in [1.54, 1.807) is 0 Å². The molecule has 4 heteroatoms. The molecule has 1 aliphatic heterocycles. The maximum atomic E-state index is 11.9. The van der Waals surface area contributed by atoms with E-state index >= 15 is 0 Å². The molecule has 1 saturated heterocycles. The number of carbonyl (C=O) groups excluding carboxylic acids is 1. The lowest BCUT2D eigenvalue weighted by Crippen LogP contribution is -2.51. The van der Waals surface area contributed by atoms with E-state index in [-0.39, 0.29) is 5.91 Å². The zero-order valence-electron chi connectivity index (χ0n) is 12.9. The van der Waals surface area contributed by atoms with Crippen molar-refractivity contribution in [3.05, 3.63) is 0 Å². The van der Waals surface area contributed by atoms with Gasteiger partial charge in [-0.05, 0) is 39.2 Å². The summed E-state index contributed by atoms with van der Waals surface area (Å²) in [6.07, 6.45) is 9.71. The van der Waals surface area contributed by atoms with E-state index in [2.05, 4.69) is 10.2 Å². The summed E-state index contributed by atoms with van der Waals surface area (Å²) in [5.41, 5.74) is 0. The predicted octanol–water partition coefficient (Wildman–Crippen LogP) is 2.33. The van der Waals surface area contributed by atoms with Crippen molar-refractivity contribution in [3.63, 3.8) is 0 Å². The Labute approximate surface area is 123 Å². The SMILES string of the molecule is CCOCCC(=O)NC1CCCN(C2CCCCC2)C1. The Balaban J connectivity index is 1.71. The van der Waals surface area contributed by atoms with Gasteiger partial charge in [-0.2, -0.15) is 0 Å². The standard InChI is InChI=1S/C16H30N2O2/c1-2-20-12-10-16(19)17-14-7-6-11-18(13-14)15-8-4-3-5-9-15/h14-15H,2-13H2,1H3,(H,17,19). The Hall–Kier alpha value is -0.610. The molecule has 2 rings (SSSR count). The number of nitrogens with zero attached hydrogens (tertiary/aromatic N) is 1. The second-order valence-corrected chi connectivity index (χ2v) is 6.14. The van der Waals surface area contributed by atoms with Crippen molar-refractivity contribution in [2.45, 2.75) is 70.4 Å². The fourth-order valence-electron chi connectivity index (χ4n) is 3.51. The Bertz CT molecular complexity index is 290. The van der Waals surface area contributed by atoms with Crippen LogP contribution in [0.4, 0.5) is 0 Å². The second kappa shape index (κ2) is 8.63. The van der Waals surface area contributed by atoms with Crippen LogP contribution in [0.5, 0.6) is 0 Å². The molecule has 0 aromatic heterocycles. The van der Waals surface area contributed by atoms with Gasteiger partial charge in [-0.15, -0.1) is 0 Å². The molecule has 1 aliphatic carbocycles. The normalized spacial score (nSPS) is 25.6. The van der Waals surface area contributed by atoms with Crippen molar-refractivity contribution >= 4 is 5.91 Å². The third-order valence-electron chi connectivity index (χ3n) is 4.59. The van der Waals surface area contributed by atoms with Crippen molar-refractivity contribution in [2.75, 3.05) is 26.3 Å². The van der Waals surface area contributed by atoms with Crippen LogP contribution >= 0.6 is 0 Å². The molecular weight excluding hydrogens is 252 g/mol. The molecule has 1 atom stereocenters. The van der Waals surface area contributed by atoms with E-state index in [1.165, 1.54) is 45.1 Å². The quantitative estimate of drug-likeness (QED) is 0.760. The zero-order valence-corrected chi connectivity index (χ0v) is 12.9. The summed E-state index contributed by atoms with van der Waals surface area (Å²) in [7, 11) is 0. The Morgan fingerprint density at radius 2 is 2.00 bits per heavy atom. The summed E-state index contributed by atoms with van der Waals surface area (Å²) in [4.78, 5) is 14.5. The van der Waals surface area contributed by atoms with Crippen LogP contribution in [0, 0.1) is 0 Å². The molecular formula is C16H30N2O2. The average molecular weight is 282 g/mol. The highest BCUT2D eigenvalue weighted by atomic mass is 16.5. The molecule has 0 aromatic carbocycles. The van der Waals surface area contributed by atoms with Crippen LogP contribution < -0.4 is 5.32 Å². The number of hydrogen-bond donors (Lipinski definition) is 1. The molecule has 4 nitrogen and oxygen atoms in total. The van der Waals surface area contributed by atoms with Gasteiger partial charge in [0.05, 0.1) is 6.61 Å². The van der Waals surface area contributed by atoms with Gasteiger partial charge < -0.3 is 10.1 Å². The molecule has 2 aliphatic rings. The van der Waals surface area contributed by atoms with Crippen LogP contribution in [0.15, 0.2) is 0 Å². The summed E-state index contributed by atoms with van der Waals surface area (Å²) in [5.74, 6) is 0.147. The highest BCUT2D eigenvalue weighted by molar-refractivity contribution is 5.76. The second-order valence-electron chi connectivity index (χ2n) is 6.14.